The Hall–Kier alpha value is -2.31. The quantitative estimate of drug-likeness (QED) is 0.0711. The fourth-order valence-electron chi connectivity index (χ4n) is 2.22. The maximum atomic E-state index is 12.7. The Kier molecular flexibility index (Phi) is 8.74. The number of thiazole rings is 1. The summed E-state index contributed by atoms with van der Waals surface area (Å²) in [5.41, 5.74) is 2.92. The SMILES string of the molecule is COC(=O)C1C(NC(=O)C(=NOC(C)(C)C(=O)O)c2csc(N)n2)C(=O)N1S(=O)(=O)O.[NaH]. The van der Waals surface area contributed by atoms with Gasteiger partial charge in [-0.25, -0.2) is 14.6 Å². The number of aromatic nitrogens is 1. The normalized spacial score (nSPS) is 18.8. The second-order valence-corrected chi connectivity index (χ2v) is 8.63. The van der Waals surface area contributed by atoms with Crippen LogP contribution in [0.5, 0.6) is 0 Å². The molecule has 15 nitrogen and oxygen atoms in total. The first-order chi connectivity index (χ1) is 14.2. The molecule has 0 radical (unpaired) electrons. The third kappa shape index (κ3) is 5.73. The zero-order chi connectivity index (χ0) is 23.7. The van der Waals surface area contributed by atoms with Gasteiger partial charge >= 0.3 is 51.8 Å². The number of rotatable bonds is 8. The van der Waals surface area contributed by atoms with Crippen molar-refractivity contribution in [3.63, 3.8) is 0 Å². The van der Waals surface area contributed by atoms with E-state index in [1.807, 2.05) is 0 Å². The molecule has 0 aromatic carbocycles. The number of esters is 1. The molecule has 0 aliphatic carbocycles. The van der Waals surface area contributed by atoms with Crippen molar-refractivity contribution in [1.29, 1.82) is 0 Å². The predicted molar refractivity (Wildman–Crippen MR) is 109 cm³/mol. The van der Waals surface area contributed by atoms with Gasteiger partial charge in [0.2, 0.25) is 5.60 Å². The van der Waals surface area contributed by atoms with Crippen LogP contribution in [0, 0.1) is 0 Å². The number of anilines is 1. The molecular weight excluding hydrogens is 485 g/mol. The Bertz CT molecular complexity index is 1070. The number of hydrogen-bond acceptors (Lipinski definition) is 12. The van der Waals surface area contributed by atoms with Crippen LogP contribution >= 0.6 is 11.3 Å². The van der Waals surface area contributed by atoms with E-state index < -0.39 is 57.5 Å². The second kappa shape index (κ2) is 10.1. The van der Waals surface area contributed by atoms with Crippen molar-refractivity contribution in [2.75, 3.05) is 12.8 Å². The van der Waals surface area contributed by atoms with Gasteiger partial charge in [0.15, 0.2) is 16.9 Å². The van der Waals surface area contributed by atoms with Crippen LogP contribution in [0.4, 0.5) is 5.13 Å². The van der Waals surface area contributed by atoms with E-state index in [1.54, 1.807) is 0 Å². The van der Waals surface area contributed by atoms with E-state index in [2.05, 4.69) is 20.2 Å². The number of carboxylic acid groups (broad SMARTS) is 1. The molecule has 5 N–H and O–H groups in total. The molecule has 1 aromatic heterocycles. The van der Waals surface area contributed by atoms with Gasteiger partial charge in [0.25, 0.3) is 11.8 Å². The molecule has 0 saturated carbocycles. The number of carbonyl (C=O) groups excluding carboxylic acids is 3. The number of aliphatic carboxylic acids is 1. The number of nitrogens with two attached hydrogens (primary N) is 1. The van der Waals surface area contributed by atoms with E-state index in [-0.39, 0.29) is 44.7 Å². The molecule has 2 heterocycles. The van der Waals surface area contributed by atoms with Crippen LogP contribution in [0.1, 0.15) is 19.5 Å². The van der Waals surface area contributed by atoms with Gasteiger partial charge in [-0.15, -0.1) is 11.3 Å². The summed E-state index contributed by atoms with van der Waals surface area (Å²) in [5.74, 6) is -5.14. The molecule has 1 aliphatic heterocycles. The van der Waals surface area contributed by atoms with Crippen molar-refractivity contribution in [3.05, 3.63) is 11.1 Å². The number of β-lactam (4-membered cyclic amide) rings is 1. The molecule has 2 atom stereocenters. The van der Waals surface area contributed by atoms with E-state index in [0.29, 0.717) is 0 Å². The van der Waals surface area contributed by atoms with Crippen molar-refractivity contribution < 1.29 is 46.8 Å². The molecule has 1 fully saturated rings. The Labute approximate surface area is 207 Å². The Morgan fingerprint density at radius 1 is 1.38 bits per heavy atom. The van der Waals surface area contributed by atoms with Crippen LogP contribution in [0.3, 0.4) is 0 Å². The van der Waals surface area contributed by atoms with Crippen molar-refractivity contribution >= 4 is 85.8 Å². The summed E-state index contributed by atoms with van der Waals surface area (Å²) in [6.07, 6.45) is 0. The Balaban J connectivity index is 0.00000512. The number of oxime groups is 1. The van der Waals surface area contributed by atoms with Crippen LogP contribution in [-0.4, -0.2) is 111 Å². The molecule has 0 spiro atoms. The van der Waals surface area contributed by atoms with Crippen molar-refractivity contribution in [1.82, 2.24) is 14.6 Å². The number of nitrogens with one attached hydrogen (secondary N) is 1. The second-order valence-electron chi connectivity index (χ2n) is 6.45. The molecule has 172 valence electrons. The molecule has 0 bridgehead atoms. The number of amides is 2. The van der Waals surface area contributed by atoms with Crippen molar-refractivity contribution in [2.45, 2.75) is 31.5 Å². The molecule has 18 heteroatoms. The van der Waals surface area contributed by atoms with Gasteiger partial charge in [0, 0.05) is 5.38 Å². The van der Waals surface area contributed by atoms with Gasteiger partial charge < -0.3 is 25.7 Å². The van der Waals surface area contributed by atoms with Gasteiger partial charge in [-0.3, -0.25) is 14.1 Å². The maximum absolute atomic E-state index is 12.7. The molecule has 1 aliphatic rings. The fraction of sp³-hybridized carbons (Fsp3) is 0.429. The average Bonchev–Trinajstić information content (AvgIpc) is 3.07. The number of ether oxygens (including phenoxy) is 1. The van der Waals surface area contributed by atoms with Crippen LogP contribution in [0.2, 0.25) is 0 Å². The van der Waals surface area contributed by atoms with Gasteiger partial charge in [-0.2, -0.15) is 12.7 Å². The van der Waals surface area contributed by atoms with Crippen LogP contribution in [0.15, 0.2) is 10.5 Å². The minimum absolute atomic E-state index is 0. The number of hydrogen-bond donors (Lipinski definition) is 4. The standard InChI is InChI=1S/C14H17N5O10S2.Na.H/c1-14(2,12(23)24)29-18-6(5-4-30-13(15)16-5)9(20)17-7-8(11(22)28-3)19(10(7)21)31(25,26)27;;/h4,7-8H,1-3H3,(H2,15,16)(H,17,20)(H,23,24)(H,25,26,27);;. The van der Waals surface area contributed by atoms with Gasteiger partial charge in [-0.05, 0) is 13.8 Å². The van der Waals surface area contributed by atoms with Gasteiger partial charge in [0.05, 0.1) is 7.11 Å². The molecule has 32 heavy (non-hydrogen) atoms. The molecular formula is C14H18N5NaO10S2. The number of carboxylic acids is 1. The van der Waals surface area contributed by atoms with Crippen LogP contribution in [-0.2, 0) is 39.1 Å². The van der Waals surface area contributed by atoms with E-state index >= 15 is 0 Å². The third-order valence-electron chi connectivity index (χ3n) is 3.89. The summed E-state index contributed by atoms with van der Waals surface area (Å²) in [4.78, 5) is 56.6. The zero-order valence-corrected chi connectivity index (χ0v) is 17.8. The van der Waals surface area contributed by atoms with E-state index in [4.69, 9.17) is 20.2 Å². The van der Waals surface area contributed by atoms with Crippen molar-refractivity contribution in [3.8, 4) is 0 Å². The van der Waals surface area contributed by atoms with E-state index in [9.17, 15) is 27.6 Å². The van der Waals surface area contributed by atoms with E-state index in [1.165, 1.54) is 5.38 Å². The average molecular weight is 503 g/mol. The summed E-state index contributed by atoms with van der Waals surface area (Å²) < 4.78 is 36.0. The van der Waals surface area contributed by atoms with Crippen molar-refractivity contribution in [2.24, 2.45) is 5.16 Å². The topological polar surface area (TPSA) is 228 Å². The molecule has 1 saturated heterocycles. The van der Waals surface area contributed by atoms with Crippen LogP contribution in [0.25, 0.3) is 0 Å². The first-order valence-corrected chi connectivity index (χ1v) is 10.4. The van der Waals surface area contributed by atoms with Gasteiger partial charge in [0.1, 0.15) is 11.7 Å². The van der Waals surface area contributed by atoms with E-state index in [0.717, 1.165) is 32.3 Å². The fourth-order valence-corrected chi connectivity index (χ4v) is 3.61. The first-order valence-electron chi connectivity index (χ1n) is 8.11. The summed E-state index contributed by atoms with van der Waals surface area (Å²) >= 11 is 0.914. The summed E-state index contributed by atoms with van der Waals surface area (Å²) in [6, 6.07) is -3.62. The van der Waals surface area contributed by atoms with Crippen LogP contribution < -0.4 is 11.1 Å². The predicted octanol–water partition coefficient (Wildman–Crippen LogP) is -2.67. The Morgan fingerprint density at radius 2 is 1.97 bits per heavy atom. The minimum atomic E-state index is -5.11. The number of nitrogen functional groups attached to an aromatic ring is 1. The molecule has 2 rings (SSSR count). The summed E-state index contributed by atoms with van der Waals surface area (Å²) in [6.45, 7) is 2.30. The summed E-state index contributed by atoms with van der Waals surface area (Å²) in [5, 5.41) is 16.0. The number of carbonyl (C=O) groups is 4. The number of nitrogens with zero attached hydrogens (tertiary/aromatic N) is 3. The summed E-state index contributed by atoms with van der Waals surface area (Å²) in [7, 11) is -4.21. The Morgan fingerprint density at radius 3 is 2.41 bits per heavy atom. The third-order valence-corrected chi connectivity index (χ3v) is 5.47. The first kappa shape index (κ1) is 27.7. The zero-order valence-electron chi connectivity index (χ0n) is 16.1. The molecule has 2 amide bonds. The number of methoxy groups -OCH3 is 1. The molecule has 1 aromatic rings. The monoisotopic (exact) mass is 503 g/mol. The molecule has 2 unspecified atom stereocenters. The van der Waals surface area contributed by atoms with Gasteiger partial charge in [-0.1, -0.05) is 5.16 Å².